The lowest BCUT2D eigenvalue weighted by atomic mass is 10.0. The van der Waals surface area contributed by atoms with Crippen molar-refractivity contribution in [1.29, 1.82) is 5.26 Å². The summed E-state index contributed by atoms with van der Waals surface area (Å²) in [5, 5.41) is 26.8. The third-order valence-electron chi connectivity index (χ3n) is 3.86. The minimum atomic E-state index is -0.508. The van der Waals surface area contributed by atoms with Crippen molar-refractivity contribution in [3.63, 3.8) is 0 Å². The van der Waals surface area contributed by atoms with Gasteiger partial charge in [0.25, 0.3) is 5.69 Å². The Morgan fingerprint density at radius 1 is 1.30 bits per heavy atom. The summed E-state index contributed by atoms with van der Waals surface area (Å²) in [6, 6.07) is 14.2. The fraction of sp³-hybridized carbons (Fsp3) is 0.105. The minimum absolute atomic E-state index is 0.0640. The Morgan fingerprint density at radius 2 is 2.07 bits per heavy atom. The average molecular weight is 377 g/mol. The molecule has 0 spiro atoms. The van der Waals surface area contributed by atoms with Crippen molar-refractivity contribution in [2.45, 2.75) is 13.8 Å². The molecule has 1 aromatic heterocycles. The molecule has 0 saturated heterocycles. The van der Waals surface area contributed by atoms with Crippen molar-refractivity contribution in [1.82, 2.24) is 4.98 Å². The summed E-state index contributed by atoms with van der Waals surface area (Å²) in [6.07, 6.45) is 0. The van der Waals surface area contributed by atoms with E-state index < -0.39 is 4.92 Å². The van der Waals surface area contributed by atoms with Gasteiger partial charge in [-0.25, -0.2) is 4.98 Å². The van der Waals surface area contributed by atoms with Crippen molar-refractivity contribution < 1.29 is 4.92 Å². The SMILES string of the molecule is Cc1ccc(-c2csc(/C(C#N)=N/Nc3ccccc3[N+](=O)[O-])n2)c(C)c1. The maximum Gasteiger partial charge on any atom is 0.294 e. The highest BCUT2D eigenvalue weighted by atomic mass is 32.1. The highest BCUT2D eigenvalue weighted by molar-refractivity contribution is 7.12. The Morgan fingerprint density at radius 3 is 2.78 bits per heavy atom. The largest absolute Gasteiger partial charge is 0.294 e. The second-order valence-corrected chi connectivity index (χ2v) is 6.67. The fourth-order valence-electron chi connectivity index (χ4n) is 2.57. The molecular weight excluding hydrogens is 362 g/mol. The highest BCUT2D eigenvalue weighted by Crippen LogP contribution is 2.27. The van der Waals surface area contributed by atoms with Gasteiger partial charge in [-0.1, -0.05) is 35.9 Å². The van der Waals surface area contributed by atoms with Crippen molar-refractivity contribution in [2.24, 2.45) is 5.10 Å². The van der Waals surface area contributed by atoms with Crippen molar-refractivity contribution >= 4 is 28.4 Å². The first-order valence-electron chi connectivity index (χ1n) is 8.00. The number of para-hydroxylation sites is 2. The van der Waals surface area contributed by atoms with E-state index in [4.69, 9.17) is 0 Å². The van der Waals surface area contributed by atoms with Crippen LogP contribution in [0.4, 0.5) is 11.4 Å². The maximum atomic E-state index is 11.1. The molecule has 27 heavy (non-hydrogen) atoms. The molecular formula is C19H15N5O2S. The molecule has 0 bridgehead atoms. The van der Waals surface area contributed by atoms with Gasteiger partial charge in [-0.15, -0.1) is 11.3 Å². The van der Waals surface area contributed by atoms with E-state index in [9.17, 15) is 15.4 Å². The second kappa shape index (κ2) is 7.76. The van der Waals surface area contributed by atoms with E-state index in [0.717, 1.165) is 16.8 Å². The zero-order valence-electron chi connectivity index (χ0n) is 14.6. The predicted octanol–water partition coefficient (Wildman–Crippen LogP) is 4.67. The number of hydrogen-bond acceptors (Lipinski definition) is 7. The second-order valence-electron chi connectivity index (χ2n) is 5.81. The Labute approximate surface area is 159 Å². The van der Waals surface area contributed by atoms with Gasteiger partial charge in [0.2, 0.25) is 0 Å². The first kappa shape index (κ1) is 18.2. The van der Waals surface area contributed by atoms with E-state index in [0.29, 0.717) is 5.01 Å². The van der Waals surface area contributed by atoms with Crippen LogP contribution in [0.15, 0.2) is 52.9 Å². The third kappa shape index (κ3) is 3.99. The van der Waals surface area contributed by atoms with E-state index in [-0.39, 0.29) is 17.1 Å². The third-order valence-corrected chi connectivity index (χ3v) is 4.71. The standard InChI is InChI=1S/C19H15N5O2S/c1-12-7-8-14(13(2)9-12)17-11-27-19(21-17)16(10-20)23-22-15-5-3-4-6-18(15)24(25)26/h3-9,11,22H,1-2H3/b23-16+. The van der Waals surface area contributed by atoms with Gasteiger partial charge in [-0.2, -0.15) is 10.4 Å². The van der Waals surface area contributed by atoms with Gasteiger partial charge in [-0.3, -0.25) is 15.5 Å². The number of aromatic nitrogens is 1. The van der Waals surface area contributed by atoms with Crippen LogP contribution in [0.25, 0.3) is 11.3 Å². The van der Waals surface area contributed by atoms with E-state index in [1.54, 1.807) is 12.1 Å². The van der Waals surface area contributed by atoms with E-state index in [2.05, 4.69) is 21.6 Å². The Kier molecular flexibility index (Phi) is 5.24. The molecule has 134 valence electrons. The summed E-state index contributed by atoms with van der Waals surface area (Å²) in [6.45, 7) is 4.04. The minimum Gasteiger partial charge on any atom is -0.270 e. The van der Waals surface area contributed by atoms with Crippen LogP contribution in [-0.2, 0) is 0 Å². The number of thiazole rings is 1. The zero-order chi connectivity index (χ0) is 19.4. The molecule has 0 atom stereocenters. The zero-order valence-corrected chi connectivity index (χ0v) is 15.4. The summed E-state index contributed by atoms with van der Waals surface area (Å²) in [4.78, 5) is 15.1. The molecule has 0 fully saturated rings. The number of nitrogens with one attached hydrogen (secondary N) is 1. The summed E-state index contributed by atoms with van der Waals surface area (Å²) in [5.41, 5.74) is 6.78. The van der Waals surface area contributed by atoms with Crippen LogP contribution >= 0.6 is 11.3 Å². The monoisotopic (exact) mass is 377 g/mol. The molecule has 1 heterocycles. The summed E-state index contributed by atoms with van der Waals surface area (Å²) < 4.78 is 0. The van der Waals surface area contributed by atoms with E-state index >= 15 is 0 Å². The average Bonchev–Trinajstić information content (AvgIpc) is 3.12. The molecule has 8 heteroatoms. The first-order chi connectivity index (χ1) is 13.0. The molecule has 0 unspecified atom stereocenters. The molecule has 2 aromatic carbocycles. The molecule has 0 amide bonds. The number of hydrogen-bond donors (Lipinski definition) is 1. The van der Waals surface area contributed by atoms with Gasteiger partial charge in [-0.05, 0) is 25.5 Å². The van der Waals surface area contributed by atoms with Crippen LogP contribution in [0.5, 0.6) is 0 Å². The number of rotatable bonds is 5. The molecule has 0 aliphatic heterocycles. The molecule has 0 saturated carbocycles. The quantitative estimate of drug-likeness (QED) is 0.395. The topological polar surface area (TPSA) is 104 Å². The summed E-state index contributed by atoms with van der Waals surface area (Å²) in [5.74, 6) is 0. The predicted molar refractivity (Wildman–Crippen MR) is 106 cm³/mol. The lowest BCUT2D eigenvalue weighted by Gasteiger charge is -2.03. The van der Waals surface area contributed by atoms with Crippen molar-refractivity contribution in [3.05, 3.63) is 74.1 Å². The van der Waals surface area contributed by atoms with Crippen molar-refractivity contribution in [3.8, 4) is 17.3 Å². The van der Waals surface area contributed by atoms with Crippen LogP contribution in [0, 0.1) is 35.3 Å². The lowest BCUT2D eigenvalue weighted by Crippen LogP contribution is -2.03. The molecule has 0 aliphatic carbocycles. The first-order valence-corrected chi connectivity index (χ1v) is 8.88. The van der Waals surface area contributed by atoms with Crippen LogP contribution in [0.1, 0.15) is 16.1 Å². The lowest BCUT2D eigenvalue weighted by molar-refractivity contribution is -0.384. The Hall–Kier alpha value is -3.57. The fourth-order valence-corrected chi connectivity index (χ4v) is 3.33. The van der Waals surface area contributed by atoms with Gasteiger partial charge < -0.3 is 0 Å². The molecule has 3 aromatic rings. The number of benzene rings is 2. The summed E-state index contributed by atoms with van der Waals surface area (Å²) in [7, 11) is 0. The number of nitro benzene ring substituents is 1. The molecule has 1 N–H and O–H groups in total. The Balaban J connectivity index is 1.89. The van der Waals surface area contributed by atoms with Gasteiger partial charge in [0.1, 0.15) is 11.8 Å². The van der Waals surface area contributed by atoms with Crippen LogP contribution in [0.2, 0.25) is 0 Å². The van der Waals surface area contributed by atoms with Crippen molar-refractivity contribution in [2.75, 3.05) is 5.43 Å². The molecule has 3 rings (SSSR count). The van der Waals surface area contributed by atoms with E-state index in [1.165, 1.54) is 29.0 Å². The Bertz CT molecular complexity index is 1080. The van der Waals surface area contributed by atoms with Gasteiger partial charge in [0, 0.05) is 17.0 Å². The van der Waals surface area contributed by atoms with Crippen LogP contribution in [0.3, 0.4) is 0 Å². The smallest absolute Gasteiger partial charge is 0.270 e. The van der Waals surface area contributed by atoms with Gasteiger partial charge >= 0.3 is 0 Å². The highest BCUT2D eigenvalue weighted by Gasteiger charge is 2.14. The number of nitrogens with zero attached hydrogens (tertiary/aromatic N) is 4. The molecule has 0 aliphatic rings. The van der Waals surface area contributed by atoms with Crippen LogP contribution in [-0.4, -0.2) is 15.6 Å². The number of anilines is 1. The normalized spacial score (nSPS) is 11.1. The van der Waals surface area contributed by atoms with Crippen LogP contribution < -0.4 is 5.43 Å². The number of nitro groups is 1. The van der Waals surface area contributed by atoms with Gasteiger partial charge in [0.05, 0.1) is 10.6 Å². The molecule has 0 radical (unpaired) electrons. The number of aryl methyl sites for hydroxylation is 2. The number of hydrazone groups is 1. The van der Waals surface area contributed by atoms with Gasteiger partial charge in [0.15, 0.2) is 10.7 Å². The van der Waals surface area contributed by atoms with E-state index in [1.807, 2.05) is 37.4 Å². The maximum absolute atomic E-state index is 11.1. The number of nitriles is 1. The summed E-state index contributed by atoms with van der Waals surface area (Å²) >= 11 is 1.30. The molecule has 7 nitrogen and oxygen atoms in total.